The predicted octanol–water partition coefficient (Wildman–Crippen LogP) is 3.57. The maximum atomic E-state index is 2.62. The molecule has 0 bridgehead atoms. The van der Waals surface area contributed by atoms with Crippen molar-refractivity contribution in [2.24, 2.45) is 0 Å². The Morgan fingerprint density at radius 1 is 0.944 bits per heavy atom. The summed E-state index contributed by atoms with van der Waals surface area (Å²) in [6, 6.07) is 0.721. The molecule has 18 heavy (non-hydrogen) atoms. The summed E-state index contributed by atoms with van der Waals surface area (Å²) in [5, 5.41) is 0. The molecule has 0 unspecified atom stereocenters. The van der Waals surface area contributed by atoms with Crippen molar-refractivity contribution in [1.82, 2.24) is 9.80 Å². The van der Waals surface area contributed by atoms with E-state index in [1.165, 1.54) is 39.0 Å². The minimum atomic E-state index is -1.10. The van der Waals surface area contributed by atoms with Crippen molar-refractivity contribution in [3.05, 3.63) is 0 Å². The van der Waals surface area contributed by atoms with E-state index in [0.717, 1.165) is 6.04 Å². The second kappa shape index (κ2) is 11.6. The topological polar surface area (TPSA) is 6.48 Å². The van der Waals surface area contributed by atoms with Gasteiger partial charge in [0.05, 0.1) is 0 Å². The molecule has 0 aliphatic rings. The third-order valence-electron chi connectivity index (χ3n) is 4.06. The summed E-state index contributed by atoms with van der Waals surface area (Å²) < 4.78 is 5.82. The summed E-state index contributed by atoms with van der Waals surface area (Å²) in [5.41, 5.74) is 0. The van der Waals surface area contributed by atoms with Gasteiger partial charge in [-0.25, -0.2) is 0 Å². The van der Waals surface area contributed by atoms with Gasteiger partial charge >= 0.3 is 124 Å². The third kappa shape index (κ3) is 9.69. The van der Waals surface area contributed by atoms with Crippen molar-refractivity contribution in [2.75, 3.05) is 33.2 Å². The van der Waals surface area contributed by atoms with Crippen molar-refractivity contribution in [3.8, 4) is 0 Å². The van der Waals surface area contributed by atoms with Gasteiger partial charge in [0.1, 0.15) is 0 Å². The van der Waals surface area contributed by atoms with E-state index in [4.69, 9.17) is 0 Å². The van der Waals surface area contributed by atoms with Crippen LogP contribution < -0.4 is 0 Å². The molecule has 0 saturated heterocycles. The Labute approximate surface area is 124 Å². The fourth-order valence-electron chi connectivity index (χ4n) is 2.44. The van der Waals surface area contributed by atoms with Crippen LogP contribution in [0.15, 0.2) is 0 Å². The quantitative estimate of drug-likeness (QED) is 0.557. The van der Waals surface area contributed by atoms with Crippen molar-refractivity contribution in [3.63, 3.8) is 0 Å². The molecule has 0 saturated carbocycles. The molecule has 0 aliphatic carbocycles. The normalized spacial score (nSPS) is 11.8. The van der Waals surface area contributed by atoms with Crippen LogP contribution in [0.1, 0.15) is 40.5 Å². The average molecular weight is 358 g/mol. The van der Waals surface area contributed by atoms with Crippen LogP contribution in [-0.2, 0) is 0 Å². The molecule has 0 rings (SSSR count). The van der Waals surface area contributed by atoms with E-state index in [1.807, 2.05) is 0 Å². The molecule has 0 aromatic rings. The summed E-state index contributed by atoms with van der Waals surface area (Å²) in [4.78, 5) is 5.04. The van der Waals surface area contributed by atoms with Gasteiger partial charge in [0.25, 0.3) is 0 Å². The molecule has 0 aromatic carbocycles. The Morgan fingerprint density at radius 3 is 1.94 bits per heavy atom. The van der Waals surface area contributed by atoms with E-state index in [-0.39, 0.29) is 0 Å². The summed E-state index contributed by atoms with van der Waals surface area (Å²) in [7, 11) is 2.24. The standard InChI is InChI=1S/C8H18N.C6H14N.CH3.In/c1-5-7-9(6-2)8(3)4;1-4-6-7(3)5-2;;/h8H,1,5-7H2,2-4H3;1,4-6H2,2-3H3;1H3;. The van der Waals surface area contributed by atoms with Gasteiger partial charge in [-0.05, 0) is 0 Å². The number of rotatable bonds is 11. The fourth-order valence-corrected chi connectivity index (χ4v) is 8.28. The maximum absolute atomic E-state index is 2.62. The van der Waals surface area contributed by atoms with Crippen LogP contribution in [0.3, 0.4) is 0 Å². The summed E-state index contributed by atoms with van der Waals surface area (Å²) >= 11 is -1.10. The zero-order valence-electron chi connectivity index (χ0n) is 13.7. The Morgan fingerprint density at radius 2 is 1.50 bits per heavy atom. The van der Waals surface area contributed by atoms with E-state index in [1.54, 1.807) is 8.35 Å². The van der Waals surface area contributed by atoms with E-state index in [2.05, 4.69) is 49.2 Å². The van der Waals surface area contributed by atoms with Crippen LogP contribution in [0.5, 0.6) is 0 Å². The first-order valence-corrected chi connectivity index (χ1v) is 15.9. The van der Waals surface area contributed by atoms with E-state index in [0.29, 0.717) is 0 Å². The van der Waals surface area contributed by atoms with Gasteiger partial charge < -0.3 is 0 Å². The SMILES string of the molecule is CCN(C)CC[CH2][In]([CH3])[CH2]CCN(CC)C(C)C. The molecule has 108 valence electrons. The molecule has 0 aliphatic heterocycles. The number of nitrogens with zero attached hydrogens (tertiary/aromatic N) is 2. The van der Waals surface area contributed by atoms with Gasteiger partial charge in [0, 0.05) is 0 Å². The molecule has 0 heterocycles. The Hall–Kier alpha value is 0.790. The molecule has 0 spiro atoms. The Kier molecular flexibility index (Phi) is 12.1. The third-order valence-corrected chi connectivity index (χ3v) is 12.0. The second-order valence-corrected chi connectivity index (χ2v) is 15.6. The zero-order chi connectivity index (χ0) is 14.0. The van der Waals surface area contributed by atoms with E-state index >= 15 is 0 Å². The van der Waals surface area contributed by atoms with Crippen LogP contribution in [-0.4, -0.2) is 70.5 Å². The molecular weight excluding hydrogens is 323 g/mol. The summed E-state index contributed by atoms with van der Waals surface area (Å²) in [5.74, 6) is 0. The van der Waals surface area contributed by atoms with E-state index < -0.39 is 21.4 Å². The number of hydrogen-bond donors (Lipinski definition) is 0. The van der Waals surface area contributed by atoms with Crippen LogP contribution in [0.2, 0.25) is 13.0 Å². The first-order chi connectivity index (χ1) is 8.51. The van der Waals surface area contributed by atoms with Crippen LogP contribution in [0.25, 0.3) is 0 Å². The summed E-state index contributed by atoms with van der Waals surface area (Å²) in [6.45, 7) is 14.2. The first-order valence-electron chi connectivity index (χ1n) is 7.93. The molecule has 0 N–H and O–H groups in total. The minimum absolute atomic E-state index is 0.721. The van der Waals surface area contributed by atoms with Gasteiger partial charge in [0.15, 0.2) is 0 Å². The van der Waals surface area contributed by atoms with Crippen LogP contribution in [0, 0.1) is 0 Å². The van der Waals surface area contributed by atoms with Gasteiger partial charge in [-0.1, -0.05) is 0 Å². The van der Waals surface area contributed by atoms with Gasteiger partial charge in [-0.3, -0.25) is 0 Å². The second-order valence-electron chi connectivity index (χ2n) is 6.01. The van der Waals surface area contributed by atoms with E-state index in [9.17, 15) is 0 Å². The molecule has 0 amide bonds. The van der Waals surface area contributed by atoms with Crippen molar-refractivity contribution < 1.29 is 0 Å². The molecular formula is C15H35InN2. The number of hydrogen-bond acceptors (Lipinski definition) is 2. The van der Waals surface area contributed by atoms with Crippen molar-refractivity contribution >= 4 is 21.4 Å². The molecule has 0 radical (unpaired) electrons. The molecule has 2 nitrogen and oxygen atoms in total. The van der Waals surface area contributed by atoms with Gasteiger partial charge in [-0.2, -0.15) is 0 Å². The Balaban J connectivity index is 3.55. The zero-order valence-corrected chi connectivity index (χ0v) is 17.0. The molecule has 0 atom stereocenters. The first kappa shape index (κ1) is 18.8. The van der Waals surface area contributed by atoms with Crippen molar-refractivity contribution in [2.45, 2.75) is 59.6 Å². The molecule has 0 fully saturated rings. The average Bonchev–Trinajstić information content (AvgIpc) is 2.33. The van der Waals surface area contributed by atoms with Crippen LogP contribution >= 0.6 is 0 Å². The molecule has 0 aromatic heterocycles. The fraction of sp³-hybridized carbons (Fsp3) is 1.00. The van der Waals surface area contributed by atoms with Crippen LogP contribution in [0.4, 0.5) is 0 Å². The van der Waals surface area contributed by atoms with Crippen molar-refractivity contribution in [1.29, 1.82) is 0 Å². The monoisotopic (exact) mass is 358 g/mol. The van der Waals surface area contributed by atoms with Gasteiger partial charge in [-0.15, -0.1) is 0 Å². The Bertz CT molecular complexity index is 185. The molecule has 3 heteroatoms. The predicted molar refractivity (Wildman–Crippen MR) is 86.0 cm³/mol. The summed E-state index contributed by atoms with van der Waals surface area (Å²) in [6.07, 6.45) is 2.90. The van der Waals surface area contributed by atoms with Gasteiger partial charge in [0.2, 0.25) is 0 Å².